The Labute approximate surface area is 162 Å². The lowest BCUT2D eigenvalue weighted by Gasteiger charge is -2.09. The van der Waals surface area contributed by atoms with Crippen LogP contribution in [0, 0.1) is 0 Å². The lowest BCUT2D eigenvalue weighted by Crippen LogP contribution is -2.03. The summed E-state index contributed by atoms with van der Waals surface area (Å²) in [7, 11) is 1.45. The molecule has 6 heteroatoms. The molecule has 1 heterocycles. The van der Waals surface area contributed by atoms with Crippen LogP contribution in [0.1, 0.15) is 26.3 Å². The molecule has 0 saturated heterocycles. The number of benzene rings is 2. The average Bonchev–Trinajstić information content (AvgIpc) is 2.73. The van der Waals surface area contributed by atoms with E-state index in [4.69, 9.17) is 9.84 Å². The maximum absolute atomic E-state index is 12.7. The molecule has 0 aliphatic carbocycles. The molecule has 0 radical (unpaired) electrons. The summed E-state index contributed by atoms with van der Waals surface area (Å²) in [4.78, 5) is 28.0. The van der Waals surface area contributed by atoms with Gasteiger partial charge in [0.1, 0.15) is 11.6 Å². The number of ketones is 1. The molecule has 1 aromatic heterocycles. The van der Waals surface area contributed by atoms with Crippen molar-refractivity contribution in [2.75, 3.05) is 12.4 Å². The number of ether oxygens (including phenoxy) is 1. The number of aromatic carboxylic acids is 1. The van der Waals surface area contributed by atoms with Crippen molar-refractivity contribution in [3.05, 3.63) is 89.6 Å². The van der Waals surface area contributed by atoms with Crippen LogP contribution >= 0.6 is 0 Å². The van der Waals surface area contributed by atoms with Gasteiger partial charge in [0.15, 0.2) is 5.78 Å². The lowest BCUT2D eigenvalue weighted by atomic mass is 10.1. The van der Waals surface area contributed by atoms with Crippen LogP contribution in [0.25, 0.3) is 6.08 Å². The van der Waals surface area contributed by atoms with E-state index in [1.807, 2.05) is 30.3 Å². The van der Waals surface area contributed by atoms with Crippen molar-refractivity contribution in [3.63, 3.8) is 0 Å². The van der Waals surface area contributed by atoms with Gasteiger partial charge in [-0.1, -0.05) is 24.3 Å². The predicted octanol–water partition coefficient (Wildman–Crippen LogP) is 4.43. The quantitative estimate of drug-likeness (QED) is 0.470. The Morgan fingerprint density at radius 2 is 1.86 bits per heavy atom. The molecule has 0 saturated carbocycles. The minimum atomic E-state index is -1.04. The van der Waals surface area contributed by atoms with Crippen LogP contribution in [0.3, 0.4) is 0 Å². The molecule has 0 fully saturated rings. The fourth-order valence-electron chi connectivity index (χ4n) is 2.60. The summed E-state index contributed by atoms with van der Waals surface area (Å²) in [5, 5.41) is 12.2. The summed E-state index contributed by atoms with van der Waals surface area (Å²) in [5.41, 5.74) is 1.96. The minimum Gasteiger partial charge on any atom is -0.496 e. The highest BCUT2D eigenvalue weighted by Gasteiger charge is 2.11. The average molecular weight is 374 g/mol. The number of carboxylic acids is 1. The molecule has 6 nitrogen and oxygen atoms in total. The van der Waals surface area contributed by atoms with E-state index in [2.05, 4.69) is 10.3 Å². The number of carboxylic acid groups (broad SMARTS) is 1. The number of anilines is 2. The standard InChI is InChI=1S/C22H18N2O4/c1-28-20-14-16(22(26)27)10-9-15(20)11-12-19(25)18-8-5-13-23-21(18)24-17-6-3-2-4-7-17/h2-14H,1H3,(H,23,24)(H,26,27)/b12-11+. The van der Waals surface area contributed by atoms with Gasteiger partial charge in [-0.25, -0.2) is 9.78 Å². The molecule has 0 aliphatic rings. The topological polar surface area (TPSA) is 88.5 Å². The number of rotatable bonds is 7. The summed E-state index contributed by atoms with van der Waals surface area (Å²) >= 11 is 0. The van der Waals surface area contributed by atoms with Crippen molar-refractivity contribution in [1.82, 2.24) is 4.98 Å². The first-order chi connectivity index (χ1) is 13.6. The second kappa shape index (κ2) is 8.64. The molecular formula is C22H18N2O4. The number of pyridine rings is 1. The van der Waals surface area contributed by atoms with Crippen LogP contribution in [-0.2, 0) is 0 Å². The first-order valence-corrected chi connectivity index (χ1v) is 8.49. The second-order valence-electron chi connectivity index (χ2n) is 5.85. The van der Waals surface area contributed by atoms with Crippen molar-refractivity contribution < 1.29 is 19.4 Å². The van der Waals surface area contributed by atoms with Gasteiger partial charge in [-0.05, 0) is 48.6 Å². The molecule has 2 aromatic carbocycles. The van der Waals surface area contributed by atoms with E-state index in [1.54, 1.807) is 30.5 Å². The van der Waals surface area contributed by atoms with Gasteiger partial charge in [0.05, 0.1) is 18.2 Å². The lowest BCUT2D eigenvalue weighted by molar-refractivity contribution is 0.0696. The van der Waals surface area contributed by atoms with E-state index in [1.165, 1.54) is 25.3 Å². The van der Waals surface area contributed by atoms with Gasteiger partial charge in [0.25, 0.3) is 0 Å². The highest BCUT2D eigenvalue weighted by atomic mass is 16.5. The Balaban J connectivity index is 1.85. The molecular weight excluding hydrogens is 356 g/mol. The zero-order chi connectivity index (χ0) is 19.9. The Morgan fingerprint density at radius 3 is 2.57 bits per heavy atom. The molecule has 0 amide bonds. The van der Waals surface area contributed by atoms with E-state index in [-0.39, 0.29) is 11.3 Å². The van der Waals surface area contributed by atoms with Gasteiger partial charge in [-0.3, -0.25) is 4.79 Å². The summed E-state index contributed by atoms with van der Waals surface area (Å²) in [6.45, 7) is 0. The maximum Gasteiger partial charge on any atom is 0.335 e. The smallest absolute Gasteiger partial charge is 0.335 e. The third kappa shape index (κ3) is 4.42. The minimum absolute atomic E-state index is 0.113. The van der Waals surface area contributed by atoms with Gasteiger partial charge >= 0.3 is 5.97 Å². The van der Waals surface area contributed by atoms with Crippen molar-refractivity contribution in [3.8, 4) is 5.75 Å². The van der Waals surface area contributed by atoms with Gasteiger partial charge in [0, 0.05) is 17.4 Å². The highest BCUT2D eigenvalue weighted by molar-refractivity contribution is 6.10. The Kier molecular flexibility index (Phi) is 5.81. The molecule has 2 N–H and O–H groups in total. The van der Waals surface area contributed by atoms with E-state index in [0.29, 0.717) is 22.7 Å². The van der Waals surface area contributed by atoms with Gasteiger partial charge in [0.2, 0.25) is 0 Å². The van der Waals surface area contributed by atoms with Gasteiger partial charge in [-0.15, -0.1) is 0 Å². The summed E-state index contributed by atoms with van der Waals surface area (Å²) in [6.07, 6.45) is 4.61. The Hall–Kier alpha value is -3.93. The number of hydrogen-bond donors (Lipinski definition) is 2. The third-order valence-electron chi connectivity index (χ3n) is 4.00. The maximum atomic E-state index is 12.7. The number of nitrogens with zero attached hydrogens (tertiary/aromatic N) is 1. The van der Waals surface area contributed by atoms with E-state index in [0.717, 1.165) is 5.69 Å². The molecule has 0 atom stereocenters. The number of carbonyl (C=O) groups is 2. The second-order valence-corrected chi connectivity index (χ2v) is 5.85. The summed E-state index contributed by atoms with van der Waals surface area (Å²) < 4.78 is 5.23. The first kappa shape index (κ1) is 18.8. The number of para-hydroxylation sites is 1. The molecule has 0 spiro atoms. The van der Waals surface area contributed by atoms with Gasteiger partial charge in [-0.2, -0.15) is 0 Å². The van der Waals surface area contributed by atoms with Gasteiger partial charge < -0.3 is 15.2 Å². The monoisotopic (exact) mass is 374 g/mol. The molecule has 140 valence electrons. The van der Waals surface area contributed by atoms with Crippen LogP contribution in [0.4, 0.5) is 11.5 Å². The van der Waals surface area contributed by atoms with Crippen molar-refractivity contribution in [2.45, 2.75) is 0 Å². The molecule has 0 unspecified atom stereocenters. The van der Waals surface area contributed by atoms with Crippen molar-refractivity contribution in [2.24, 2.45) is 0 Å². The third-order valence-corrected chi connectivity index (χ3v) is 4.00. The number of allylic oxidation sites excluding steroid dienone is 1. The predicted molar refractivity (Wildman–Crippen MR) is 107 cm³/mol. The first-order valence-electron chi connectivity index (χ1n) is 8.49. The molecule has 3 rings (SSSR count). The fraction of sp³-hybridized carbons (Fsp3) is 0.0455. The molecule has 28 heavy (non-hydrogen) atoms. The highest BCUT2D eigenvalue weighted by Crippen LogP contribution is 2.23. The number of methoxy groups -OCH3 is 1. The van der Waals surface area contributed by atoms with Crippen LogP contribution in [0.15, 0.2) is 72.9 Å². The molecule has 0 aliphatic heterocycles. The SMILES string of the molecule is COc1cc(C(=O)O)ccc1/C=C/C(=O)c1cccnc1Nc1ccccc1. The van der Waals surface area contributed by atoms with E-state index >= 15 is 0 Å². The number of nitrogens with one attached hydrogen (secondary N) is 1. The van der Waals surface area contributed by atoms with Crippen molar-refractivity contribution >= 4 is 29.3 Å². The van der Waals surface area contributed by atoms with Crippen molar-refractivity contribution in [1.29, 1.82) is 0 Å². The van der Waals surface area contributed by atoms with E-state index in [9.17, 15) is 9.59 Å². The zero-order valence-corrected chi connectivity index (χ0v) is 15.1. The Bertz CT molecular complexity index is 1030. The van der Waals surface area contributed by atoms with Crippen LogP contribution in [0.2, 0.25) is 0 Å². The normalized spacial score (nSPS) is 10.6. The summed E-state index contributed by atoms with van der Waals surface area (Å²) in [6, 6.07) is 17.3. The fourth-order valence-corrected chi connectivity index (χ4v) is 2.60. The Morgan fingerprint density at radius 1 is 1.07 bits per heavy atom. The zero-order valence-electron chi connectivity index (χ0n) is 15.1. The largest absolute Gasteiger partial charge is 0.496 e. The number of carbonyl (C=O) groups excluding carboxylic acids is 1. The summed E-state index contributed by atoms with van der Waals surface area (Å²) in [5.74, 6) is -0.456. The van der Waals surface area contributed by atoms with Crippen LogP contribution in [-0.4, -0.2) is 29.0 Å². The molecule has 3 aromatic rings. The molecule has 0 bridgehead atoms. The van der Waals surface area contributed by atoms with E-state index < -0.39 is 5.97 Å². The van der Waals surface area contributed by atoms with Crippen LogP contribution < -0.4 is 10.1 Å². The number of hydrogen-bond acceptors (Lipinski definition) is 5. The van der Waals surface area contributed by atoms with Crippen LogP contribution in [0.5, 0.6) is 5.75 Å². The number of aromatic nitrogens is 1.